The highest BCUT2D eigenvalue weighted by molar-refractivity contribution is 5.94. The van der Waals surface area contributed by atoms with Gasteiger partial charge in [0.1, 0.15) is 6.54 Å². The first-order chi connectivity index (χ1) is 28.6. The Morgan fingerprint density at radius 3 is 1.58 bits per heavy atom. The van der Waals surface area contributed by atoms with E-state index in [-0.39, 0.29) is 18.0 Å². The Morgan fingerprint density at radius 2 is 1.20 bits per heavy atom. The summed E-state index contributed by atoms with van der Waals surface area (Å²) in [5.74, 6) is -0.151. The first-order valence-corrected chi connectivity index (χ1v) is 18.9. The smallest absolute Gasteiger partial charge is 0.335 e. The Bertz CT molecular complexity index is 2470. The monoisotopic (exact) mass is 792 g/mol. The molecule has 17 nitrogen and oxygen atoms in total. The van der Waals surface area contributed by atoms with E-state index >= 15 is 0 Å². The molecule has 17 heteroatoms. The van der Waals surface area contributed by atoms with E-state index in [9.17, 15) is 9.59 Å². The molecule has 4 N–H and O–H groups in total. The van der Waals surface area contributed by atoms with Gasteiger partial charge in [-0.05, 0) is 82.0 Å². The van der Waals surface area contributed by atoms with Crippen LogP contribution in [0.1, 0.15) is 69.6 Å². The zero-order valence-corrected chi connectivity index (χ0v) is 33.2. The van der Waals surface area contributed by atoms with Gasteiger partial charge in [-0.3, -0.25) is 14.2 Å². The van der Waals surface area contributed by atoms with Gasteiger partial charge in [0.15, 0.2) is 0 Å². The van der Waals surface area contributed by atoms with Crippen LogP contribution in [0.15, 0.2) is 85.7 Å². The van der Waals surface area contributed by atoms with Gasteiger partial charge in [-0.25, -0.2) is 24.7 Å². The first-order valence-electron chi connectivity index (χ1n) is 18.9. The molecule has 6 aromatic rings. The van der Waals surface area contributed by atoms with E-state index in [0.717, 1.165) is 45.0 Å². The molecule has 1 amide bonds. The molecular formula is C42H44N14O3. The molecule has 0 unspecified atom stereocenters. The zero-order chi connectivity index (χ0) is 41.9. The second-order valence-corrected chi connectivity index (χ2v) is 14.0. The first kappa shape index (κ1) is 41.1. The van der Waals surface area contributed by atoms with Crippen molar-refractivity contribution in [3.8, 4) is 34.7 Å². The van der Waals surface area contributed by atoms with Crippen LogP contribution in [0.25, 0.3) is 22.5 Å². The van der Waals surface area contributed by atoms with Gasteiger partial charge in [0.25, 0.3) is 5.91 Å². The number of carbonyl (C=O) groups is 2. The van der Waals surface area contributed by atoms with Gasteiger partial charge in [0.2, 0.25) is 11.9 Å². The summed E-state index contributed by atoms with van der Waals surface area (Å²) in [6, 6.07) is 18.8. The molecule has 2 saturated carbocycles. The lowest BCUT2D eigenvalue weighted by Crippen LogP contribution is -2.26. The molecule has 0 aliphatic heterocycles. The van der Waals surface area contributed by atoms with Crippen molar-refractivity contribution in [1.29, 1.82) is 10.5 Å². The molecule has 2 fully saturated rings. The number of benzene rings is 2. The second-order valence-electron chi connectivity index (χ2n) is 14.0. The third-order valence-electron chi connectivity index (χ3n) is 9.22. The van der Waals surface area contributed by atoms with Crippen molar-refractivity contribution in [3.63, 3.8) is 0 Å². The predicted molar refractivity (Wildman–Crippen MR) is 221 cm³/mol. The molecule has 4 aromatic heterocycles. The topological polar surface area (TPSA) is 228 Å². The molecule has 0 radical (unpaired) electrons. The molecule has 0 spiro atoms. The minimum atomic E-state index is -0.944. The Kier molecular flexibility index (Phi) is 13.3. The number of rotatable bonds is 12. The number of nitrogens with zero attached hydrogens (tertiary/aromatic N) is 11. The number of aryl methyl sites for hydroxylation is 2. The van der Waals surface area contributed by atoms with Crippen LogP contribution in [-0.4, -0.2) is 88.6 Å². The SMILES string of the molecule is CNCC#N.Cc1cnc(Nc2cnn(C3CC3)c2)nc1-c1ccc(C(=O)N(C)CC#N)cc1.Cc1cnc(Nc2cnn(C3CC3)c2)nc1-c1ccc(C(=O)O)cc1. The van der Waals surface area contributed by atoms with Crippen LogP contribution in [0.3, 0.4) is 0 Å². The van der Waals surface area contributed by atoms with Gasteiger partial charge >= 0.3 is 5.97 Å². The minimum Gasteiger partial charge on any atom is -0.478 e. The van der Waals surface area contributed by atoms with Crippen molar-refractivity contribution < 1.29 is 14.7 Å². The summed E-state index contributed by atoms with van der Waals surface area (Å²) in [6.07, 6.45) is 15.7. The van der Waals surface area contributed by atoms with Crippen molar-refractivity contribution in [1.82, 2.24) is 49.7 Å². The summed E-state index contributed by atoms with van der Waals surface area (Å²) in [7, 11) is 3.35. The zero-order valence-electron chi connectivity index (χ0n) is 33.2. The van der Waals surface area contributed by atoms with Crippen LogP contribution < -0.4 is 16.0 Å². The average molecular weight is 793 g/mol. The number of amides is 1. The highest BCUT2D eigenvalue weighted by Gasteiger charge is 2.25. The summed E-state index contributed by atoms with van der Waals surface area (Å²) >= 11 is 0. The van der Waals surface area contributed by atoms with E-state index in [1.54, 1.807) is 75.3 Å². The van der Waals surface area contributed by atoms with Gasteiger partial charge in [0.05, 0.1) is 71.5 Å². The van der Waals surface area contributed by atoms with Crippen LogP contribution in [0.2, 0.25) is 0 Å². The van der Waals surface area contributed by atoms with E-state index in [4.69, 9.17) is 15.6 Å². The normalized spacial score (nSPS) is 12.7. The summed E-state index contributed by atoms with van der Waals surface area (Å²) in [5, 5.41) is 43.3. The second kappa shape index (κ2) is 19.1. The quantitative estimate of drug-likeness (QED) is 0.0973. The van der Waals surface area contributed by atoms with Crippen molar-refractivity contribution in [2.45, 2.75) is 51.6 Å². The largest absolute Gasteiger partial charge is 0.478 e. The van der Waals surface area contributed by atoms with E-state index in [1.807, 2.05) is 59.9 Å². The van der Waals surface area contributed by atoms with Gasteiger partial charge < -0.3 is 26.0 Å². The number of carboxylic acid groups (broad SMARTS) is 1. The Morgan fingerprint density at radius 1 is 0.746 bits per heavy atom. The number of carboxylic acids is 1. The fraction of sp³-hybridized carbons (Fsp3) is 0.286. The molecule has 300 valence electrons. The Labute approximate surface area is 341 Å². The molecule has 2 aliphatic rings. The fourth-order valence-corrected chi connectivity index (χ4v) is 5.75. The molecular weight excluding hydrogens is 749 g/mol. The van der Waals surface area contributed by atoms with Crippen LogP contribution in [-0.2, 0) is 0 Å². The van der Waals surface area contributed by atoms with E-state index in [0.29, 0.717) is 36.1 Å². The molecule has 4 heterocycles. The average Bonchev–Trinajstić information content (AvgIpc) is 4.19. The molecule has 8 rings (SSSR count). The van der Waals surface area contributed by atoms with E-state index < -0.39 is 5.97 Å². The van der Waals surface area contributed by atoms with Gasteiger partial charge in [0, 0.05) is 48.5 Å². The molecule has 2 aromatic carbocycles. The number of nitriles is 2. The van der Waals surface area contributed by atoms with Crippen LogP contribution in [0, 0.1) is 36.5 Å². The summed E-state index contributed by atoms with van der Waals surface area (Å²) in [4.78, 5) is 42.6. The van der Waals surface area contributed by atoms with Crippen LogP contribution in [0.5, 0.6) is 0 Å². The standard InChI is InChI=1S/C21H21N7O.C18H17N5O2.C3H6N2/c1-14-11-23-21(25-17-12-24-28(13-17)18-7-8-18)26-19(14)15-3-5-16(6-4-15)20(29)27(2)10-9-22;1-11-8-19-18(21-14-9-20-23(10-14)15-6-7-15)22-16(11)12-2-4-13(5-3-12)17(24)25;1-5-3-2-4/h3-6,11-13,18H,7-8,10H2,1-2H3,(H,23,25,26);2-5,8-10,15H,6-7H2,1H3,(H,24,25)(H,19,21,22);5H,3H2,1H3. The Hall–Kier alpha value is -7.50. The maximum absolute atomic E-state index is 12.3. The number of aromatic nitrogens is 8. The van der Waals surface area contributed by atoms with Crippen molar-refractivity contribution >= 4 is 35.1 Å². The highest BCUT2D eigenvalue weighted by atomic mass is 16.4. The van der Waals surface area contributed by atoms with Crippen molar-refractivity contribution in [2.75, 3.05) is 37.8 Å². The number of anilines is 4. The van der Waals surface area contributed by atoms with Gasteiger partial charge in [-0.15, -0.1) is 0 Å². The molecule has 0 atom stereocenters. The van der Waals surface area contributed by atoms with Crippen molar-refractivity contribution in [2.24, 2.45) is 0 Å². The Balaban J connectivity index is 0.000000180. The summed E-state index contributed by atoms with van der Waals surface area (Å²) < 4.78 is 3.93. The minimum absolute atomic E-state index is 0.0535. The molecule has 0 saturated heterocycles. The maximum Gasteiger partial charge on any atom is 0.335 e. The number of carbonyl (C=O) groups excluding carboxylic acids is 1. The van der Waals surface area contributed by atoms with E-state index in [2.05, 4.69) is 46.1 Å². The number of hydrogen-bond donors (Lipinski definition) is 4. The van der Waals surface area contributed by atoms with Gasteiger partial charge in [-0.1, -0.05) is 24.3 Å². The lowest BCUT2D eigenvalue weighted by Gasteiger charge is -2.13. The van der Waals surface area contributed by atoms with E-state index in [1.165, 1.54) is 30.6 Å². The molecule has 0 bridgehead atoms. The number of aromatic carboxylic acids is 1. The van der Waals surface area contributed by atoms with Crippen LogP contribution >= 0.6 is 0 Å². The van der Waals surface area contributed by atoms with Crippen LogP contribution in [0.4, 0.5) is 23.3 Å². The number of hydrogen-bond acceptors (Lipinski definition) is 13. The lowest BCUT2D eigenvalue weighted by atomic mass is 10.1. The summed E-state index contributed by atoms with van der Waals surface area (Å²) in [5.41, 5.74) is 7.64. The third-order valence-corrected chi connectivity index (χ3v) is 9.22. The maximum atomic E-state index is 12.3. The predicted octanol–water partition coefficient (Wildman–Crippen LogP) is 6.48. The fourth-order valence-electron chi connectivity index (χ4n) is 5.75. The molecule has 59 heavy (non-hydrogen) atoms. The lowest BCUT2D eigenvalue weighted by molar-refractivity contribution is 0.0696. The van der Waals surface area contributed by atoms with Crippen molar-refractivity contribution in [3.05, 3.63) is 108 Å². The summed E-state index contributed by atoms with van der Waals surface area (Å²) in [6.45, 7) is 4.37. The van der Waals surface area contributed by atoms with Gasteiger partial charge in [-0.2, -0.15) is 20.7 Å². The molecule has 2 aliphatic carbocycles. The third kappa shape index (κ3) is 11.1. The highest BCUT2D eigenvalue weighted by Crippen LogP contribution is 2.36. The number of nitrogens with one attached hydrogen (secondary N) is 3.